The average molecular weight is 249 g/mol. The molecule has 1 aliphatic rings. The fourth-order valence-electron chi connectivity index (χ4n) is 2.14. The van der Waals surface area contributed by atoms with E-state index in [0.717, 1.165) is 0 Å². The zero-order chi connectivity index (χ0) is 12.4. The number of carbonyl (C=O) groups excluding carboxylic acids is 1. The Labute approximate surface area is 96.7 Å². The Kier molecular flexibility index (Phi) is 3.83. The van der Waals surface area contributed by atoms with Crippen molar-refractivity contribution in [3.63, 3.8) is 0 Å². The zero-order valence-electron chi connectivity index (χ0n) is 10.0. The predicted octanol–water partition coefficient (Wildman–Crippen LogP) is 1.04. The summed E-state index contributed by atoms with van der Waals surface area (Å²) in [6.45, 7) is 6.13. The molecule has 94 valence electrons. The first-order chi connectivity index (χ1) is 7.34. The van der Waals surface area contributed by atoms with E-state index >= 15 is 0 Å². The van der Waals surface area contributed by atoms with E-state index in [0.29, 0.717) is 19.6 Å². The minimum absolute atomic E-state index is 0.0344. The van der Waals surface area contributed by atoms with E-state index < -0.39 is 21.5 Å². The minimum atomic E-state index is -3.01. The summed E-state index contributed by atoms with van der Waals surface area (Å²) in [6, 6.07) is 0. The Morgan fingerprint density at radius 2 is 2.06 bits per heavy atom. The van der Waals surface area contributed by atoms with Gasteiger partial charge in [0.2, 0.25) is 0 Å². The molecular formula is C10H19NO4S. The van der Waals surface area contributed by atoms with Crippen LogP contribution >= 0.6 is 0 Å². The van der Waals surface area contributed by atoms with Crippen molar-refractivity contribution in [2.45, 2.75) is 32.7 Å². The van der Waals surface area contributed by atoms with E-state index in [9.17, 15) is 13.2 Å². The summed E-state index contributed by atoms with van der Waals surface area (Å²) in [4.78, 5) is 13.2. The second-order valence-electron chi connectivity index (χ2n) is 4.28. The summed E-state index contributed by atoms with van der Waals surface area (Å²) < 4.78 is 27.9. The second kappa shape index (κ2) is 4.61. The third-order valence-corrected chi connectivity index (χ3v) is 4.83. The maximum Gasteiger partial charge on any atom is 0.410 e. The summed E-state index contributed by atoms with van der Waals surface area (Å²) >= 11 is 0. The molecule has 1 aliphatic heterocycles. The Bertz CT molecular complexity index is 365. The Morgan fingerprint density at radius 3 is 2.44 bits per heavy atom. The summed E-state index contributed by atoms with van der Waals surface area (Å²) in [7, 11) is -3.01. The van der Waals surface area contributed by atoms with Gasteiger partial charge in [-0.2, -0.15) is 0 Å². The van der Waals surface area contributed by atoms with Gasteiger partial charge in [-0.3, -0.25) is 0 Å². The molecule has 0 bridgehead atoms. The van der Waals surface area contributed by atoms with Crippen LogP contribution in [-0.2, 0) is 14.6 Å². The Hall–Kier alpha value is -0.780. The molecule has 1 unspecified atom stereocenters. The van der Waals surface area contributed by atoms with Gasteiger partial charge in [0.15, 0.2) is 9.84 Å². The number of nitrogens with zero attached hydrogens (tertiary/aromatic N) is 1. The fourth-order valence-corrected chi connectivity index (χ4v) is 4.28. The van der Waals surface area contributed by atoms with E-state index in [1.807, 2.05) is 6.92 Å². The highest BCUT2D eigenvalue weighted by atomic mass is 32.2. The molecule has 1 heterocycles. The Balaban J connectivity index is 2.85. The lowest BCUT2D eigenvalue weighted by Crippen LogP contribution is -2.50. The maximum atomic E-state index is 11.7. The molecule has 0 aliphatic carbocycles. The van der Waals surface area contributed by atoms with Gasteiger partial charge in [0.1, 0.15) is 0 Å². The molecule has 16 heavy (non-hydrogen) atoms. The molecule has 0 radical (unpaired) electrons. The van der Waals surface area contributed by atoms with E-state index in [-0.39, 0.29) is 11.5 Å². The molecule has 6 heteroatoms. The molecule has 1 amide bonds. The zero-order valence-corrected chi connectivity index (χ0v) is 10.8. The van der Waals surface area contributed by atoms with Crippen molar-refractivity contribution in [3.05, 3.63) is 0 Å². The largest absolute Gasteiger partial charge is 0.450 e. The smallest absolute Gasteiger partial charge is 0.410 e. The summed E-state index contributed by atoms with van der Waals surface area (Å²) in [6.07, 6.45) is 0.0618. The summed E-state index contributed by atoms with van der Waals surface area (Å²) in [5.41, 5.74) is -0.611. The number of carbonyl (C=O) groups is 1. The third-order valence-electron chi connectivity index (χ3n) is 2.94. The van der Waals surface area contributed by atoms with Crippen molar-refractivity contribution in [2.24, 2.45) is 0 Å². The molecule has 1 saturated heterocycles. The van der Waals surface area contributed by atoms with Crippen molar-refractivity contribution in [1.29, 1.82) is 0 Å². The first-order valence-corrected chi connectivity index (χ1v) is 7.31. The number of ether oxygens (including phenoxy) is 1. The van der Waals surface area contributed by atoms with Gasteiger partial charge in [0.05, 0.1) is 23.7 Å². The lowest BCUT2D eigenvalue weighted by molar-refractivity contribution is 0.0704. The van der Waals surface area contributed by atoms with Crippen LogP contribution in [0.1, 0.15) is 27.2 Å². The lowest BCUT2D eigenvalue weighted by atomic mass is 10.00. The first kappa shape index (κ1) is 13.3. The van der Waals surface area contributed by atoms with Crippen LogP contribution < -0.4 is 0 Å². The Morgan fingerprint density at radius 1 is 1.44 bits per heavy atom. The molecule has 5 nitrogen and oxygen atoms in total. The number of amides is 1. The van der Waals surface area contributed by atoms with Crippen LogP contribution in [0, 0.1) is 0 Å². The molecule has 0 aromatic heterocycles. The summed E-state index contributed by atoms with van der Waals surface area (Å²) in [5.74, 6) is 0.187. The molecule has 1 rings (SSSR count). The molecule has 0 N–H and O–H groups in total. The van der Waals surface area contributed by atoms with Gasteiger partial charge in [-0.1, -0.05) is 0 Å². The maximum absolute atomic E-state index is 11.7. The van der Waals surface area contributed by atoms with Crippen molar-refractivity contribution < 1.29 is 17.9 Å². The number of rotatable bonds is 3. The summed E-state index contributed by atoms with van der Waals surface area (Å²) in [5, 5.41) is 0. The van der Waals surface area contributed by atoms with Crippen molar-refractivity contribution in [1.82, 2.24) is 4.90 Å². The van der Waals surface area contributed by atoms with Gasteiger partial charge in [-0.05, 0) is 27.2 Å². The quantitative estimate of drug-likeness (QED) is 0.749. The van der Waals surface area contributed by atoms with Crippen molar-refractivity contribution >= 4 is 15.9 Å². The van der Waals surface area contributed by atoms with Gasteiger partial charge < -0.3 is 9.64 Å². The van der Waals surface area contributed by atoms with Gasteiger partial charge in [0, 0.05) is 6.54 Å². The number of hydrogen-bond donors (Lipinski definition) is 0. The van der Waals surface area contributed by atoms with Crippen LogP contribution in [0.2, 0.25) is 0 Å². The van der Waals surface area contributed by atoms with Crippen molar-refractivity contribution in [2.75, 3.05) is 24.7 Å². The van der Waals surface area contributed by atoms with Gasteiger partial charge in [0.25, 0.3) is 0 Å². The lowest BCUT2D eigenvalue weighted by Gasteiger charge is -2.35. The van der Waals surface area contributed by atoms with Crippen LogP contribution in [0.4, 0.5) is 4.79 Å². The molecule has 0 spiro atoms. The van der Waals surface area contributed by atoms with E-state index in [1.54, 1.807) is 13.8 Å². The van der Waals surface area contributed by atoms with E-state index in [1.165, 1.54) is 4.90 Å². The first-order valence-electron chi connectivity index (χ1n) is 5.49. The molecule has 1 atom stereocenters. The van der Waals surface area contributed by atoms with Gasteiger partial charge >= 0.3 is 6.09 Å². The molecule has 0 aromatic rings. The van der Waals surface area contributed by atoms with Crippen LogP contribution in [0.25, 0.3) is 0 Å². The number of hydrogen-bond acceptors (Lipinski definition) is 4. The van der Waals surface area contributed by atoms with Crippen LogP contribution in [0.5, 0.6) is 0 Å². The standard InChI is InChI=1S/C10H19NO4S/c1-4-11(9(12)15-5-2)10(3)6-7-16(13,14)8-10/h4-8H2,1-3H3. The average Bonchev–Trinajstić information content (AvgIpc) is 2.42. The van der Waals surface area contributed by atoms with Crippen LogP contribution in [0.15, 0.2) is 0 Å². The minimum Gasteiger partial charge on any atom is -0.450 e. The van der Waals surface area contributed by atoms with Gasteiger partial charge in [-0.15, -0.1) is 0 Å². The fraction of sp³-hybridized carbons (Fsp3) is 0.900. The normalized spacial score (nSPS) is 27.7. The second-order valence-corrected chi connectivity index (χ2v) is 6.47. The predicted molar refractivity (Wildman–Crippen MR) is 61.1 cm³/mol. The van der Waals surface area contributed by atoms with E-state index in [4.69, 9.17) is 4.74 Å². The number of sulfone groups is 1. The van der Waals surface area contributed by atoms with Gasteiger partial charge in [-0.25, -0.2) is 13.2 Å². The highest BCUT2D eigenvalue weighted by Gasteiger charge is 2.44. The molecule has 0 saturated carbocycles. The third kappa shape index (κ3) is 2.66. The monoisotopic (exact) mass is 249 g/mol. The van der Waals surface area contributed by atoms with Crippen molar-refractivity contribution in [3.8, 4) is 0 Å². The highest BCUT2D eigenvalue weighted by molar-refractivity contribution is 7.91. The molecule has 0 aromatic carbocycles. The topological polar surface area (TPSA) is 63.7 Å². The molecular weight excluding hydrogens is 230 g/mol. The van der Waals surface area contributed by atoms with E-state index in [2.05, 4.69) is 0 Å². The highest BCUT2D eigenvalue weighted by Crippen LogP contribution is 2.29. The molecule has 1 fully saturated rings. The van der Waals surface area contributed by atoms with Crippen LogP contribution in [0.3, 0.4) is 0 Å². The van der Waals surface area contributed by atoms with Crippen LogP contribution in [-0.4, -0.2) is 49.6 Å². The SMILES string of the molecule is CCOC(=O)N(CC)C1(C)CCS(=O)(=O)C1.